The van der Waals surface area contributed by atoms with Gasteiger partial charge in [-0.15, -0.1) is 0 Å². The number of carboxylic acid groups (broad SMARTS) is 1. The highest BCUT2D eigenvalue weighted by molar-refractivity contribution is 6.30. The van der Waals surface area contributed by atoms with Gasteiger partial charge in [0.1, 0.15) is 5.75 Å². The van der Waals surface area contributed by atoms with Crippen molar-refractivity contribution in [2.24, 2.45) is 0 Å². The van der Waals surface area contributed by atoms with Crippen LogP contribution in [0.25, 0.3) is 0 Å². The highest BCUT2D eigenvalue weighted by Gasteiger charge is 2.13. The topological polar surface area (TPSA) is 87.7 Å². The normalized spacial score (nSPS) is 11.5. The van der Waals surface area contributed by atoms with Crippen LogP contribution in [0.5, 0.6) is 5.75 Å². The average Bonchev–Trinajstić information content (AvgIpc) is 2.62. The lowest BCUT2D eigenvalue weighted by molar-refractivity contribution is -0.138. The molecular weight excluding hydrogens is 356 g/mol. The first kappa shape index (κ1) is 19.6. The number of rotatable bonds is 8. The van der Waals surface area contributed by atoms with Crippen LogP contribution in [0, 0.1) is 0 Å². The van der Waals surface area contributed by atoms with Gasteiger partial charge in [-0.25, -0.2) is 0 Å². The van der Waals surface area contributed by atoms with Crippen molar-refractivity contribution >= 4 is 34.9 Å². The minimum atomic E-state index is -0.885. The maximum absolute atomic E-state index is 12.0. The van der Waals surface area contributed by atoms with Gasteiger partial charge >= 0.3 is 5.97 Å². The molecule has 0 aliphatic carbocycles. The molecule has 26 heavy (non-hydrogen) atoms. The highest BCUT2D eigenvalue weighted by atomic mass is 35.5. The number of carboxylic acids is 1. The fourth-order valence-corrected chi connectivity index (χ4v) is 2.52. The Bertz CT molecular complexity index is 778. The van der Waals surface area contributed by atoms with Gasteiger partial charge in [0.25, 0.3) is 0 Å². The van der Waals surface area contributed by atoms with Crippen LogP contribution in [-0.2, 0) is 9.59 Å². The summed E-state index contributed by atoms with van der Waals surface area (Å²) < 4.78 is 5.24. The van der Waals surface area contributed by atoms with Gasteiger partial charge in [-0.2, -0.15) is 0 Å². The fraction of sp³-hybridized carbons (Fsp3) is 0.263. The lowest BCUT2D eigenvalue weighted by Crippen LogP contribution is -2.16. The van der Waals surface area contributed by atoms with Gasteiger partial charge in [0.05, 0.1) is 18.7 Å². The summed E-state index contributed by atoms with van der Waals surface area (Å²) >= 11 is 5.97. The Labute approximate surface area is 157 Å². The minimum Gasteiger partial charge on any atom is -0.495 e. The van der Waals surface area contributed by atoms with E-state index in [-0.39, 0.29) is 12.3 Å². The summed E-state index contributed by atoms with van der Waals surface area (Å²) in [5.41, 5.74) is 2.03. The smallest absolute Gasteiger partial charge is 0.310 e. The third kappa shape index (κ3) is 5.39. The molecule has 138 valence electrons. The van der Waals surface area contributed by atoms with Crippen LogP contribution in [0.1, 0.15) is 24.8 Å². The minimum absolute atomic E-state index is 0.155. The Hall–Kier alpha value is -2.73. The molecule has 0 fully saturated rings. The summed E-state index contributed by atoms with van der Waals surface area (Å²) in [5, 5.41) is 15.5. The Morgan fingerprint density at radius 2 is 1.88 bits per heavy atom. The Kier molecular flexibility index (Phi) is 6.86. The maximum Gasteiger partial charge on any atom is 0.310 e. The fourth-order valence-electron chi connectivity index (χ4n) is 2.35. The Morgan fingerprint density at radius 1 is 1.19 bits per heavy atom. The summed E-state index contributed by atoms with van der Waals surface area (Å²) in [6.45, 7) is 2.03. The molecule has 0 aliphatic heterocycles. The van der Waals surface area contributed by atoms with Crippen LogP contribution in [0.15, 0.2) is 42.5 Å². The number of hydrogen-bond donors (Lipinski definition) is 3. The number of amides is 1. The van der Waals surface area contributed by atoms with Crippen molar-refractivity contribution in [2.75, 3.05) is 24.3 Å². The van der Waals surface area contributed by atoms with Crippen LogP contribution in [-0.4, -0.2) is 30.6 Å². The van der Waals surface area contributed by atoms with E-state index in [1.807, 2.05) is 0 Å². The average molecular weight is 377 g/mol. The monoisotopic (exact) mass is 376 g/mol. The first-order valence-corrected chi connectivity index (χ1v) is 8.48. The standard InChI is InChI=1S/C19H21ClN2O4/c1-12(19(24)25)13-3-6-15(7-4-13)22-18(23)9-10-21-16-11-14(20)5-8-17(16)26-2/h3-8,11-12,21H,9-10H2,1-2H3,(H,22,23)(H,24,25). The maximum atomic E-state index is 12.0. The first-order valence-electron chi connectivity index (χ1n) is 8.10. The van der Waals surface area contributed by atoms with E-state index in [9.17, 15) is 9.59 Å². The zero-order valence-electron chi connectivity index (χ0n) is 14.6. The summed E-state index contributed by atoms with van der Waals surface area (Å²) in [4.78, 5) is 23.0. The first-order chi connectivity index (χ1) is 12.4. The van der Waals surface area contributed by atoms with Gasteiger partial charge in [-0.3, -0.25) is 9.59 Å². The Morgan fingerprint density at radius 3 is 2.50 bits per heavy atom. The summed E-state index contributed by atoms with van der Waals surface area (Å²) in [6, 6.07) is 12.0. The largest absolute Gasteiger partial charge is 0.495 e. The van der Waals surface area contributed by atoms with E-state index in [0.717, 1.165) is 5.69 Å². The highest BCUT2D eigenvalue weighted by Crippen LogP contribution is 2.27. The van der Waals surface area contributed by atoms with Gasteiger partial charge in [0.2, 0.25) is 5.91 Å². The summed E-state index contributed by atoms with van der Waals surface area (Å²) in [6.07, 6.45) is 0.253. The second-order valence-electron chi connectivity index (χ2n) is 5.75. The van der Waals surface area contributed by atoms with Crippen molar-refractivity contribution in [2.45, 2.75) is 19.3 Å². The molecule has 2 aromatic rings. The molecule has 6 nitrogen and oxygen atoms in total. The second-order valence-corrected chi connectivity index (χ2v) is 6.19. The van der Waals surface area contributed by atoms with Crippen molar-refractivity contribution < 1.29 is 19.4 Å². The molecule has 1 unspecified atom stereocenters. The third-order valence-electron chi connectivity index (χ3n) is 3.89. The molecule has 3 N–H and O–H groups in total. The van der Waals surface area contributed by atoms with Crippen molar-refractivity contribution in [3.63, 3.8) is 0 Å². The number of aliphatic carboxylic acids is 1. The van der Waals surface area contributed by atoms with E-state index < -0.39 is 11.9 Å². The summed E-state index contributed by atoms with van der Waals surface area (Å²) in [7, 11) is 1.57. The van der Waals surface area contributed by atoms with E-state index in [1.165, 1.54) is 0 Å². The molecule has 7 heteroatoms. The number of halogens is 1. The molecule has 0 heterocycles. The van der Waals surface area contributed by atoms with Crippen molar-refractivity contribution in [1.82, 2.24) is 0 Å². The van der Waals surface area contributed by atoms with Crippen LogP contribution < -0.4 is 15.4 Å². The van der Waals surface area contributed by atoms with Crippen LogP contribution in [0.2, 0.25) is 5.02 Å². The molecule has 1 amide bonds. The number of hydrogen-bond acceptors (Lipinski definition) is 4. The van der Waals surface area contributed by atoms with Crippen LogP contribution in [0.3, 0.4) is 0 Å². The number of carbonyl (C=O) groups is 2. The van der Waals surface area contributed by atoms with E-state index in [4.69, 9.17) is 21.4 Å². The molecule has 2 aromatic carbocycles. The van der Waals surface area contributed by atoms with E-state index in [0.29, 0.717) is 28.6 Å². The van der Waals surface area contributed by atoms with Crippen molar-refractivity contribution in [3.05, 3.63) is 53.1 Å². The molecular formula is C19H21ClN2O4. The Balaban J connectivity index is 1.86. The van der Waals surface area contributed by atoms with Gasteiger partial charge in [0, 0.05) is 23.7 Å². The molecule has 0 aromatic heterocycles. The molecule has 2 rings (SSSR count). The predicted octanol–water partition coefficient (Wildman–Crippen LogP) is 3.98. The van der Waals surface area contributed by atoms with E-state index >= 15 is 0 Å². The number of ether oxygens (including phenoxy) is 1. The molecule has 0 bridgehead atoms. The lowest BCUT2D eigenvalue weighted by Gasteiger charge is -2.12. The van der Waals surface area contributed by atoms with Crippen molar-refractivity contribution in [3.8, 4) is 5.75 Å². The molecule has 1 atom stereocenters. The zero-order valence-corrected chi connectivity index (χ0v) is 15.3. The predicted molar refractivity (Wildman–Crippen MR) is 102 cm³/mol. The van der Waals surface area contributed by atoms with Crippen molar-refractivity contribution in [1.29, 1.82) is 0 Å². The number of carbonyl (C=O) groups excluding carboxylic acids is 1. The molecule has 0 aliphatic rings. The summed E-state index contributed by atoms with van der Waals surface area (Å²) in [5.74, 6) is -0.976. The lowest BCUT2D eigenvalue weighted by atomic mass is 10.0. The zero-order chi connectivity index (χ0) is 19.1. The number of nitrogens with one attached hydrogen (secondary N) is 2. The quantitative estimate of drug-likeness (QED) is 0.648. The number of benzene rings is 2. The number of anilines is 2. The second kappa shape index (κ2) is 9.10. The molecule has 0 radical (unpaired) electrons. The number of methoxy groups -OCH3 is 1. The van der Waals surface area contributed by atoms with Crippen LogP contribution in [0.4, 0.5) is 11.4 Å². The molecule has 0 saturated carbocycles. The SMILES string of the molecule is COc1ccc(Cl)cc1NCCC(=O)Nc1ccc(C(C)C(=O)O)cc1. The molecule has 0 spiro atoms. The van der Waals surface area contributed by atoms with E-state index in [2.05, 4.69) is 10.6 Å². The van der Waals surface area contributed by atoms with Crippen LogP contribution >= 0.6 is 11.6 Å². The van der Waals surface area contributed by atoms with Gasteiger partial charge in [-0.1, -0.05) is 23.7 Å². The van der Waals surface area contributed by atoms with E-state index in [1.54, 1.807) is 56.5 Å². The van der Waals surface area contributed by atoms with Gasteiger partial charge in [0.15, 0.2) is 0 Å². The molecule has 0 saturated heterocycles. The third-order valence-corrected chi connectivity index (χ3v) is 4.13. The van der Waals surface area contributed by atoms with Gasteiger partial charge < -0.3 is 20.5 Å². The van der Waals surface area contributed by atoms with Gasteiger partial charge in [-0.05, 0) is 42.8 Å².